The molecular formula is C24H17F3O3. The highest BCUT2D eigenvalue weighted by molar-refractivity contribution is 6.14. The van der Waals surface area contributed by atoms with Crippen molar-refractivity contribution in [1.29, 1.82) is 0 Å². The van der Waals surface area contributed by atoms with Gasteiger partial charge in [-0.25, -0.2) is 0 Å². The SMILES string of the molecule is COc1ccc2c(c1)OC(c1ccccc1)C(=Cc1ccc(C(F)(F)F)cc1)C2=O. The molecule has 0 saturated heterocycles. The van der Waals surface area contributed by atoms with E-state index >= 15 is 0 Å². The number of carbonyl (C=O) groups is 1. The molecule has 0 fully saturated rings. The number of benzene rings is 3. The van der Waals surface area contributed by atoms with Crippen LogP contribution in [0.1, 0.15) is 33.2 Å². The van der Waals surface area contributed by atoms with Crippen LogP contribution in [0.5, 0.6) is 11.5 Å². The number of rotatable bonds is 3. The normalized spacial score (nSPS) is 17.4. The number of ether oxygens (including phenoxy) is 2. The quantitative estimate of drug-likeness (QED) is 0.489. The second kappa shape index (κ2) is 7.71. The summed E-state index contributed by atoms with van der Waals surface area (Å²) >= 11 is 0. The summed E-state index contributed by atoms with van der Waals surface area (Å²) in [5.41, 5.74) is 1.22. The molecule has 0 N–H and O–H groups in total. The molecule has 0 radical (unpaired) electrons. The molecule has 6 heteroatoms. The molecule has 3 aromatic carbocycles. The molecular weight excluding hydrogens is 393 g/mol. The number of hydrogen-bond donors (Lipinski definition) is 0. The fraction of sp³-hybridized carbons (Fsp3) is 0.125. The Bertz CT molecular complexity index is 1100. The predicted molar refractivity (Wildman–Crippen MR) is 107 cm³/mol. The Hall–Kier alpha value is -3.54. The molecule has 0 amide bonds. The Morgan fingerprint density at radius 1 is 0.967 bits per heavy atom. The molecule has 30 heavy (non-hydrogen) atoms. The van der Waals surface area contributed by atoms with Crippen molar-refractivity contribution in [1.82, 2.24) is 0 Å². The van der Waals surface area contributed by atoms with E-state index in [1.165, 1.54) is 19.2 Å². The predicted octanol–water partition coefficient (Wildman–Crippen LogP) is 6.11. The molecule has 1 aliphatic heterocycles. The summed E-state index contributed by atoms with van der Waals surface area (Å²) < 4.78 is 49.9. The summed E-state index contributed by atoms with van der Waals surface area (Å²) in [6.45, 7) is 0. The summed E-state index contributed by atoms with van der Waals surface area (Å²) in [6, 6.07) is 18.8. The van der Waals surface area contributed by atoms with Crippen molar-refractivity contribution >= 4 is 11.9 Å². The summed E-state index contributed by atoms with van der Waals surface area (Å²) in [5, 5.41) is 0. The summed E-state index contributed by atoms with van der Waals surface area (Å²) in [4.78, 5) is 13.3. The largest absolute Gasteiger partial charge is 0.497 e. The number of halogens is 3. The lowest BCUT2D eigenvalue weighted by Crippen LogP contribution is -2.23. The van der Waals surface area contributed by atoms with Crippen LogP contribution in [0.4, 0.5) is 13.2 Å². The molecule has 3 nitrogen and oxygen atoms in total. The van der Waals surface area contributed by atoms with E-state index in [1.807, 2.05) is 30.3 Å². The van der Waals surface area contributed by atoms with Crippen LogP contribution in [0.2, 0.25) is 0 Å². The van der Waals surface area contributed by atoms with Crippen LogP contribution in [-0.4, -0.2) is 12.9 Å². The monoisotopic (exact) mass is 410 g/mol. The number of Topliss-reactive ketones (excluding diaryl/α,β-unsaturated/α-hetero) is 1. The second-order valence-corrected chi connectivity index (χ2v) is 6.82. The number of ketones is 1. The van der Waals surface area contributed by atoms with Gasteiger partial charge in [-0.3, -0.25) is 4.79 Å². The number of fused-ring (bicyclic) bond motifs is 1. The van der Waals surface area contributed by atoms with Gasteiger partial charge in [-0.2, -0.15) is 13.2 Å². The second-order valence-electron chi connectivity index (χ2n) is 6.82. The highest BCUT2D eigenvalue weighted by Crippen LogP contribution is 2.41. The molecule has 0 bridgehead atoms. The van der Waals surface area contributed by atoms with Gasteiger partial charge in [-0.05, 0) is 41.5 Å². The molecule has 3 aromatic rings. The molecule has 0 aliphatic carbocycles. The minimum Gasteiger partial charge on any atom is -0.497 e. The van der Waals surface area contributed by atoms with Gasteiger partial charge in [0.1, 0.15) is 11.5 Å². The molecule has 1 aliphatic rings. The van der Waals surface area contributed by atoms with Gasteiger partial charge in [-0.15, -0.1) is 0 Å². The Kier molecular flexibility index (Phi) is 5.08. The smallest absolute Gasteiger partial charge is 0.416 e. The van der Waals surface area contributed by atoms with E-state index in [0.29, 0.717) is 28.2 Å². The van der Waals surface area contributed by atoms with Gasteiger partial charge in [0.2, 0.25) is 0 Å². The first-order chi connectivity index (χ1) is 14.4. The van der Waals surface area contributed by atoms with Crippen LogP contribution in [-0.2, 0) is 6.18 Å². The molecule has 1 atom stereocenters. The van der Waals surface area contributed by atoms with E-state index in [-0.39, 0.29) is 5.78 Å². The van der Waals surface area contributed by atoms with Gasteiger partial charge in [0.05, 0.1) is 18.2 Å². The molecule has 0 aromatic heterocycles. The highest BCUT2D eigenvalue weighted by atomic mass is 19.4. The fourth-order valence-electron chi connectivity index (χ4n) is 3.34. The third-order valence-corrected chi connectivity index (χ3v) is 4.89. The zero-order chi connectivity index (χ0) is 21.3. The van der Waals surface area contributed by atoms with Crippen LogP contribution in [0.15, 0.2) is 78.4 Å². The first-order valence-corrected chi connectivity index (χ1v) is 9.20. The molecule has 1 unspecified atom stereocenters. The highest BCUT2D eigenvalue weighted by Gasteiger charge is 2.34. The van der Waals surface area contributed by atoms with Crippen LogP contribution in [0.25, 0.3) is 6.08 Å². The van der Waals surface area contributed by atoms with Gasteiger partial charge >= 0.3 is 6.18 Å². The third-order valence-electron chi connectivity index (χ3n) is 4.89. The van der Waals surface area contributed by atoms with E-state index in [0.717, 1.165) is 17.7 Å². The van der Waals surface area contributed by atoms with Gasteiger partial charge in [0, 0.05) is 11.6 Å². The molecule has 152 valence electrons. The van der Waals surface area contributed by atoms with E-state index in [2.05, 4.69) is 0 Å². The number of methoxy groups -OCH3 is 1. The lowest BCUT2D eigenvalue weighted by molar-refractivity contribution is -0.137. The van der Waals surface area contributed by atoms with Crippen molar-refractivity contribution in [3.63, 3.8) is 0 Å². The standard InChI is InChI=1S/C24H17F3O3/c1-29-18-11-12-19-21(14-18)30-23(16-5-3-2-4-6-16)20(22(19)28)13-15-7-9-17(10-8-15)24(25,26)27/h2-14,23H,1H3. The third kappa shape index (κ3) is 3.81. The molecule has 4 rings (SSSR count). The van der Waals surface area contributed by atoms with Crippen molar-refractivity contribution in [3.05, 3.63) is 101 Å². The molecule has 0 saturated carbocycles. The van der Waals surface area contributed by atoms with E-state index < -0.39 is 17.8 Å². The zero-order valence-corrected chi connectivity index (χ0v) is 15.9. The van der Waals surface area contributed by atoms with Crippen molar-refractivity contribution < 1.29 is 27.4 Å². The fourth-order valence-corrected chi connectivity index (χ4v) is 3.34. The maximum atomic E-state index is 13.3. The maximum absolute atomic E-state index is 13.3. The van der Waals surface area contributed by atoms with E-state index in [9.17, 15) is 18.0 Å². The summed E-state index contributed by atoms with van der Waals surface area (Å²) in [5.74, 6) is 0.717. The van der Waals surface area contributed by atoms with E-state index in [4.69, 9.17) is 9.47 Å². The average molecular weight is 410 g/mol. The summed E-state index contributed by atoms with van der Waals surface area (Å²) in [6.07, 6.45) is -3.53. The van der Waals surface area contributed by atoms with Crippen molar-refractivity contribution in [2.45, 2.75) is 12.3 Å². The van der Waals surface area contributed by atoms with Gasteiger partial charge in [-0.1, -0.05) is 42.5 Å². The Morgan fingerprint density at radius 2 is 1.67 bits per heavy atom. The lowest BCUT2D eigenvalue weighted by atomic mass is 9.89. The number of carbonyl (C=O) groups excluding carboxylic acids is 1. The Morgan fingerprint density at radius 3 is 2.30 bits per heavy atom. The van der Waals surface area contributed by atoms with Crippen molar-refractivity contribution in [2.24, 2.45) is 0 Å². The Labute approximate surface area is 171 Å². The van der Waals surface area contributed by atoms with E-state index in [1.54, 1.807) is 24.3 Å². The topological polar surface area (TPSA) is 35.5 Å². The van der Waals surface area contributed by atoms with Crippen molar-refractivity contribution in [3.8, 4) is 11.5 Å². The van der Waals surface area contributed by atoms with Gasteiger partial charge < -0.3 is 9.47 Å². The Balaban J connectivity index is 1.80. The van der Waals surface area contributed by atoms with Crippen LogP contribution < -0.4 is 9.47 Å². The van der Waals surface area contributed by atoms with Gasteiger partial charge in [0.15, 0.2) is 11.9 Å². The summed E-state index contributed by atoms with van der Waals surface area (Å²) in [7, 11) is 1.52. The van der Waals surface area contributed by atoms with Gasteiger partial charge in [0.25, 0.3) is 0 Å². The lowest BCUT2D eigenvalue weighted by Gasteiger charge is -2.28. The van der Waals surface area contributed by atoms with Crippen molar-refractivity contribution in [2.75, 3.05) is 7.11 Å². The minimum absolute atomic E-state index is 0.243. The average Bonchev–Trinajstić information content (AvgIpc) is 2.75. The van der Waals surface area contributed by atoms with Crippen LogP contribution in [0, 0.1) is 0 Å². The van der Waals surface area contributed by atoms with Crippen LogP contribution >= 0.6 is 0 Å². The first kappa shape index (κ1) is 19.8. The first-order valence-electron chi connectivity index (χ1n) is 9.20. The minimum atomic E-state index is -4.42. The number of hydrogen-bond acceptors (Lipinski definition) is 3. The maximum Gasteiger partial charge on any atom is 0.416 e. The zero-order valence-electron chi connectivity index (χ0n) is 15.9. The number of alkyl halides is 3. The molecule has 0 spiro atoms. The van der Waals surface area contributed by atoms with Crippen LogP contribution in [0.3, 0.4) is 0 Å². The molecule has 1 heterocycles.